The van der Waals surface area contributed by atoms with Crippen molar-refractivity contribution in [2.24, 2.45) is 0 Å². The van der Waals surface area contributed by atoms with Crippen LogP contribution in [0.4, 0.5) is 0 Å². The quantitative estimate of drug-likeness (QED) is 0.216. The number of benzene rings is 2. The molecule has 0 aromatic heterocycles. The summed E-state index contributed by atoms with van der Waals surface area (Å²) in [6.45, 7) is 3.43. The van der Waals surface area contributed by atoms with Crippen molar-refractivity contribution in [1.29, 1.82) is 0 Å². The van der Waals surface area contributed by atoms with E-state index in [1.165, 1.54) is 34.3 Å². The van der Waals surface area contributed by atoms with Crippen molar-refractivity contribution in [3.05, 3.63) is 46.5 Å². The predicted molar refractivity (Wildman–Crippen MR) is 171 cm³/mol. The van der Waals surface area contributed by atoms with E-state index in [2.05, 4.69) is 10.6 Å². The Morgan fingerprint density at radius 1 is 0.978 bits per heavy atom. The Hall–Kier alpha value is -4.74. The first kappa shape index (κ1) is 35.7. The van der Waals surface area contributed by atoms with E-state index >= 15 is 0 Å². The van der Waals surface area contributed by atoms with Gasteiger partial charge in [0.15, 0.2) is 11.5 Å². The van der Waals surface area contributed by atoms with Gasteiger partial charge in [0.05, 0.1) is 27.4 Å². The van der Waals surface area contributed by atoms with E-state index in [1.807, 2.05) is 0 Å². The van der Waals surface area contributed by atoms with Crippen molar-refractivity contribution >= 4 is 29.6 Å². The number of esters is 1. The lowest BCUT2D eigenvalue weighted by Gasteiger charge is -2.24. The highest BCUT2D eigenvalue weighted by atomic mass is 16.5. The van der Waals surface area contributed by atoms with E-state index in [9.17, 15) is 29.4 Å². The number of methoxy groups -OCH3 is 3. The van der Waals surface area contributed by atoms with Crippen LogP contribution in [0.15, 0.2) is 24.3 Å². The van der Waals surface area contributed by atoms with Crippen LogP contribution in [0.2, 0.25) is 0 Å². The molecular formula is C34H44N2O10. The highest BCUT2D eigenvalue weighted by Crippen LogP contribution is 2.47. The maximum absolute atomic E-state index is 13.6. The maximum atomic E-state index is 13.6. The number of allylic oxidation sites excluding steroid dienone is 1. The first-order valence-corrected chi connectivity index (χ1v) is 15.3. The van der Waals surface area contributed by atoms with Gasteiger partial charge in [0.25, 0.3) is 0 Å². The summed E-state index contributed by atoms with van der Waals surface area (Å²) in [6.07, 6.45) is 5.58. The number of ketones is 1. The predicted octanol–water partition coefficient (Wildman–Crippen LogP) is 4.38. The van der Waals surface area contributed by atoms with Gasteiger partial charge in [-0.05, 0) is 61.9 Å². The molecule has 0 bridgehead atoms. The number of phenolic OH excluding ortho intramolecular Hbond substituents is 2. The molecule has 0 radical (unpaired) electrons. The molecule has 12 heteroatoms. The fourth-order valence-corrected chi connectivity index (χ4v) is 5.41. The molecule has 1 unspecified atom stereocenters. The number of aromatic hydroxyl groups is 2. The topological polar surface area (TPSA) is 170 Å². The van der Waals surface area contributed by atoms with Crippen molar-refractivity contribution in [2.75, 3.05) is 34.4 Å². The second kappa shape index (κ2) is 17.1. The zero-order valence-corrected chi connectivity index (χ0v) is 27.1. The number of Topliss-reactive ketones (excluding diaryl/α,β-unsaturated/α-hetero) is 1. The molecule has 250 valence electrons. The normalized spacial score (nSPS) is 16.3. The Morgan fingerprint density at radius 3 is 2.26 bits per heavy atom. The first-order chi connectivity index (χ1) is 22.0. The Balaban J connectivity index is 2.18. The molecule has 1 aliphatic heterocycles. The van der Waals surface area contributed by atoms with Crippen LogP contribution in [0.1, 0.15) is 91.8 Å². The molecule has 2 atom stereocenters. The van der Waals surface area contributed by atoms with Gasteiger partial charge in [-0.1, -0.05) is 12.2 Å². The van der Waals surface area contributed by atoms with Gasteiger partial charge in [-0.3, -0.25) is 14.4 Å². The second-order valence-corrected chi connectivity index (χ2v) is 11.1. The number of nitrogens with one attached hydrogen (secondary N) is 2. The Bertz CT molecular complexity index is 1430. The van der Waals surface area contributed by atoms with E-state index in [4.69, 9.17) is 18.9 Å². The van der Waals surface area contributed by atoms with Crippen LogP contribution >= 0.6 is 0 Å². The molecule has 0 aliphatic carbocycles. The van der Waals surface area contributed by atoms with Gasteiger partial charge in [0, 0.05) is 50.8 Å². The average Bonchev–Trinajstić information content (AvgIpc) is 3.00. The third-order valence-corrected chi connectivity index (χ3v) is 7.70. The summed E-state index contributed by atoms with van der Waals surface area (Å²) in [5, 5.41) is 28.5. The number of fused-ring (bicyclic) bond motifs is 1. The summed E-state index contributed by atoms with van der Waals surface area (Å²) in [7, 11) is 4.32. The highest BCUT2D eigenvalue weighted by Gasteiger charge is 2.32. The van der Waals surface area contributed by atoms with Gasteiger partial charge in [0.1, 0.15) is 22.8 Å². The van der Waals surface area contributed by atoms with E-state index in [-0.39, 0.29) is 65.1 Å². The molecule has 1 heterocycles. The third kappa shape index (κ3) is 9.38. The minimum absolute atomic E-state index is 0.0743. The molecular weight excluding hydrogens is 596 g/mol. The van der Waals surface area contributed by atoms with E-state index in [0.717, 1.165) is 0 Å². The van der Waals surface area contributed by atoms with Crippen LogP contribution in [0, 0.1) is 0 Å². The third-order valence-electron chi connectivity index (χ3n) is 7.70. The number of rotatable bonds is 10. The summed E-state index contributed by atoms with van der Waals surface area (Å²) in [6, 6.07) is 4.55. The lowest BCUT2D eigenvalue weighted by atomic mass is 9.84. The molecule has 2 aromatic carbocycles. The van der Waals surface area contributed by atoms with E-state index < -0.39 is 29.6 Å². The second-order valence-electron chi connectivity index (χ2n) is 11.1. The molecule has 2 aromatic rings. The van der Waals surface area contributed by atoms with Crippen LogP contribution in [0.25, 0.3) is 6.08 Å². The number of carbonyl (C=O) groups excluding carboxylic acids is 4. The Morgan fingerprint density at radius 2 is 1.63 bits per heavy atom. The lowest BCUT2D eigenvalue weighted by Crippen LogP contribution is -2.34. The molecule has 0 saturated heterocycles. The number of cyclic esters (lactones) is 1. The van der Waals surface area contributed by atoms with Crippen molar-refractivity contribution in [2.45, 2.75) is 70.8 Å². The Labute approximate surface area is 269 Å². The zero-order valence-electron chi connectivity index (χ0n) is 27.1. The van der Waals surface area contributed by atoms with Crippen LogP contribution < -0.4 is 24.8 Å². The summed E-state index contributed by atoms with van der Waals surface area (Å²) in [5.41, 5.74) is 0.407. The average molecular weight is 641 g/mol. The van der Waals surface area contributed by atoms with Gasteiger partial charge in [0.2, 0.25) is 17.6 Å². The molecule has 0 spiro atoms. The molecule has 46 heavy (non-hydrogen) atoms. The van der Waals surface area contributed by atoms with Crippen molar-refractivity contribution in [1.82, 2.24) is 10.6 Å². The summed E-state index contributed by atoms with van der Waals surface area (Å²) in [5.74, 6) is -2.39. The van der Waals surface area contributed by atoms with Gasteiger partial charge in [-0.25, -0.2) is 4.79 Å². The highest BCUT2D eigenvalue weighted by molar-refractivity contribution is 5.98. The van der Waals surface area contributed by atoms with Crippen LogP contribution in [-0.2, 0) is 19.1 Å². The standard InChI is InChI=1S/C34H44N2O10/c1-20-10-9-13-24(38)12-8-6-7-11-22-16-26(39)31(32(41)30(22)34(42)46-20)25(19-29(40)36-15-14-35-21(2)37)23-17-27(43-3)33(45-5)28(18-23)44-4/h7,11,16-18,20,25,39,41H,6,8-10,12-15,19H2,1-5H3,(H,35,37)(H,36,40)/t20-,25?/m0/s1. The molecule has 12 nitrogen and oxygen atoms in total. The van der Waals surface area contributed by atoms with Crippen molar-refractivity contribution in [3.8, 4) is 28.7 Å². The number of carbonyl (C=O) groups is 4. The minimum Gasteiger partial charge on any atom is -0.507 e. The lowest BCUT2D eigenvalue weighted by molar-refractivity contribution is -0.122. The van der Waals surface area contributed by atoms with E-state index in [0.29, 0.717) is 49.8 Å². The fourth-order valence-electron chi connectivity index (χ4n) is 5.41. The largest absolute Gasteiger partial charge is 0.507 e. The SMILES string of the molecule is COc1cc(C(CC(=O)NCCNC(C)=O)c2c(O)cc3c(c2O)C(=O)O[C@@H](C)CCCC(=O)CCCC=C3)cc(OC)c1OC. The zero-order chi connectivity index (χ0) is 33.8. The van der Waals surface area contributed by atoms with Gasteiger partial charge >= 0.3 is 5.97 Å². The monoisotopic (exact) mass is 640 g/mol. The maximum Gasteiger partial charge on any atom is 0.342 e. The van der Waals surface area contributed by atoms with Crippen LogP contribution in [-0.4, -0.2) is 74.3 Å². The van der Waals surface area contributed by atoms with Gasteiger partial charge in [-0.2, -0.15) is 0 Å². The molecule has 2 amide bonds. The summed E-state index contributed by atoms with van der Waals surface area (Å²) < 4.78 is 22.2. The first-order valence-electron chi connectivity index (χ1n) is 15.3. The Kier molecular flexibility index (Phi) is 13.3. The smallest absolute Gasteiger partial charge is 0.342 e. The molecule has 0 fully saturated rings. The number of amides is 2. The molecule has 4 N–H and O–H groups in total. The minimum atomic E-state index is -1.01. The molecule has 0 saturated carbocycles. The number of hydrogen-bond donors (Lipinski definition) is 4. The fraction of sp³-hybridized carbons (Fsp3) is 0.471. The van der Waals surface area contributed by atoms with Crippen molar-refractivity contribution in [3.63, 3.8) is 0 Å². The summed E-state index contributed by atoms with van der Waals surface area (Å²) >= 11 is 0. The number of phenols is 2. The van der Waals surface area contributed by atoms with E-state index in [1.54, 1.807) is 31.2 Å². The molecule has 3 rings (SSSR count). The van der Waals surface area contributed by atoms with Gasteiger partial charge in [-0.15, -0.1) is 0 Å². The van der Waals surface area contributed by atoms with Crippen molar-refractivity contribution < 1.29 is 48.3 Å². The molecule has 1 aliphatic rings. The van der Waals surface area contributed by atoms with Gasteiger partial charge < -0.3 is 39.8 Å². The summed E-state index contributed by atoms with van der Waals surface area (Å²) in [4.78, 5) is 50.2. The number of ether oxygens (including phenoxy) is 4. The van der Waals surface area contributed by atoms with Crippen LogP contribution in [0.3, 0.4) is 0 Å². The number of hydrogen-bond acceptors (Lipinski definition) is 10. The van der Waals surface area contributed by atoms with Crippen LogP contribution in [0.5, 0.6) is 28.7 Å².